The van der Waals surface area contributed by atoms with E-state index in [0.29, 0.717) is 19.5 Å². The number of aryl methyl sites for hydroxylation is 1. The maximum atomic E-state index is 11.6. The average molecular weight is 237 g/mol. The second-order valence-corrected chi connectivity index (χ2v) is 4.03. The quantitative estimate of drug-likeness (QED) is 0.571. The number of nitrogens with one attached hydrogen (secondary N) is 3. The molecule has 1 aromatic rings. The van der Waals surface area contributed by atoms with Gasteiger partial charge in [0.2, 0.25) is 11.8 Å². The first kappa shape index (κ1) is 11.6. The summed E-state index contributed by atoms with van der Waals surface area (Å²) < 4.78 is 0. The van der Waals surface area contributed by atoms with Crippen LogP contribution < -0.4 is 10.6 Å². The van der Waals surface area contributed by atoms with Gasteiger partial charge in [0.15, 0.2) is 0 Å². The van der Waals surface area contributed by atoms with Crippen molar-refractivity contribution in [3.8, 4) is 0 Å². The second kappa shape index (κ2) is 5.42. The van der Waals surface area contributed by atoms with Crippen molar-refractivity contribution in [2.75, 3.05) is 13.1 Å². The molecule has 2 heterocycles. The molecule has 92 valence electrons. The summed E-state index contributed by atoms with van der Waals surface area (Å²) in [6.07, 6.45) is 3.31. The van der Waals surface area contributed by atoms with Crippen LogP contribution in [0.5, 0.6) is 0 Å². The van der Waals surface area contributed by atoms with Crippen LogP contribution in [0.25, 0.3) is 0 Å². The fourth-order valence-electron chi connectivity index (χ4n) is 1.75. The van der Waals surface area contributed by atoms with Crippen LogP contribution in [0.1, 0.15) is 18.7 Å². The lowest BCUT2D eigenvalue weighted by Crippen LogP contribution is -2.32. The van der Waals surface area contributed by atoms with Crippen LogP contribution in [0.3, 0.4) is 0 Å². The van der Waals surface area contributed by atoms with Crippen LogP contribution in [0, 0.1) is 5.92 Å². The van der Waals surface area contributed by atoms with E-state index in [-0.39, 0.29) is 17.7 Å². The number of hydrogen-bond donors (Lipinski definition) is 3. The van der Waals surface area contributed by atoms with Gasteiger partial charge in [-0.3, -0.25) is 14.7 Å². The molecule has 1 aliphatic heterocycles. The van der Waals surface area contributed by atoms with Gasteiger partial charge in [0.1, 0.15) is 12.2 Å². The highest BCUT2D eigenvalue weighted by atomic mass is 16.2. The van der Waals surface area contributed by atoms with Crippen molar-refractivity contribution in [3.63, 3.8) is 0 Å². The molecule has 1 unspecified atom stereocenters. The Morgan fingerprint density at radius 2 is 2.47 bits per heavy atom. The Kier molecular flexibility index (Phi) is 3.69. The third-order valence-corrected chi connectivity index (χ3v) is 2.70. The van der Waals surface area contributed by atoms with Crippen molar-refractivity contribution in [1.82, 2.24) is 25.8 Å². The molecule has 2 amide bonds. The fraction of sp³-hybridized carbons (Fsp3) is 0.600. The first-order valence-corrected chi connectivity index (χ1v) is 5.64. The highest BCUT2D eigenvalue weighted by Gasteiger charge is 2.27. The molecule has 17 heavy (non-hydrogen) atoms. The van der Waals surface area contributed by atoms with Crippen molar-refractivity contribution in [2.45, 2.75) is 19.3 Å². The highest BCUT2D eigenvalue weighted by molar-refractivity contribution is 5.89. The van der Waals surface area contributed by atoms with Crippen molar-refractivity contribution >= 4 is 11.8 Å². The molecule has 1 aromatic heterocycles. The van der Waals surface area contributed by atoms with Crippen LogP contribution in [0.4, 0.5) is 0 Å². The summed E-state index contributed by atoms with van der Waals surface area (Å²) in [5.41, 5.74) is 0. The molecule has 1 fully saturated rings. The van der Waals surface area contributed by atoms with Crippen LogP contribution in [-0.2, 0) is 16.0 Å². The summed E-state index contributed by atoms with van der Waals surface area (Å²) in [6, 6.07) is 0. The lowest BCUT2D eigenvalue weighted by atomic mass is 10.1. The molecular weight excluding hydrogens is 222 g/mol. The SMILES string of the molecule is O=C1CC(C(=O)NCCCc2ncn[nH]2)CN1. The standard InChI is InChI=1S/C10H15N5O2/c16-9-4-7(5-12-9)10(17)11-3-1-2-8-13-6-14-15-8/h6-7H,1-5H2,(H,11,17)(H,12,16)(H,13,14,15). The minimum atomic E-state index is -0.215. The number of aromatic nitrogens is 3. The Morgan fingerprint density at radius 3 is 3.12 bits per heavy atom. The fourth-order valence-corrected chi connectivity index (χ4v) is 1.75. The maximum absolute atomic E-state index is 11.6. The minimum absolute atomic E-state index is 0.0493. The molecule has 1 saturated heterocycles. The van der Waals surface area contributed by atoms with Crippen LogP contribution in [0.15, 0.2) is 6.33 Å². The smallest absolute Gasteiger partial charge is 0.225 e. The number of carbonyl (C=O) groups excluding carboxylic acids is 2. The lowest BCUT2D eigenvalue weighted by Gasteiger charge is -2.08. The van der Waals surface area contributed by atoms with Crippen molar-refractivity contribution in [1.29, 1.82) is 0 Å². The van der Waals surface area contributed by atoms with Crippen LogP contribution in [-0.4, -0.2) is 40.1 Å². The first-order valence-electron chi connectivity index (χ1n) is 5.64. The summed E-state index contributed by atoms with van der Waals surface area (Å²) in [7, 11) is 0. The van der Waals surface area contributed by atoms with Gasteiger partial charge in [-0.25, -0.2) is 4.98 Å². The van der Waals surface area contributed by atoms with Gasteiger partial charge >= 0.3 is 0 Å². The molecule has 3 N–H and O–H groups in total. The van der Waals surface area contributed by atoms with E-state index in [2.05, 4.69) is 25.8 Å². The Morgan fingerprint density at radius 1 is 1.59 bits per heavy atom. The molecule has 0 radical (unpaired) electrons. The van der Waals surface area contributed by atoms with E-state index in [4.69, 9.17) is 0 Å². The maximum Gasteiger partial charge on any atom is 0.225 e. The normalized spacial score (nSPS) is 19.1. The minimum Gasteiger partial charge on any atom is -0.356 e. The second-order valence-electron chi connectivity index (χ2n) is 4.03. The molecule has 0 spiro atoms. The molecule has 1 aliphatic rings. The average Bonchev–Trinajstić information content (AvgIpc) is 2.95. The Hall–Kier alpha value is -1.92. The molecular formula is C10H15N5O2. The van der Waals surface area contributed by atoms with E-state index in [0.717, 1.165) is 18.7 Å². The number of amides is 2. The largest absolute Gasteiger partial charge is 0.356 e. The molecule has 7 heteroatoms. The third kappa shape index (κ3) is 3.27. The van der Waals surface area contributed by atoms with E-state index in [1.54, 1.807) is 0 Å². The summed E-state index contributed by atoms with van der Waals surface area (Å²) in [5.74, 6) is 0.498. The van der Waals surface area contributed by atoms with Crippen LogP contribution >= 0.6 is 0 Å². The van der Waals surface area contributed by atoms with Crippen LogP contribution in [0.2, 0.25) is 0 Å². The zero-order chi connectivity index (χ0) is 12.1. The lowest BCUT2D eigenvalue weighted by molar-refractivity contribution is -0.126. The molecule has 0 aliphatic carbocycles. The number of rotatable bonds is 5. The highest BCUT2D eigenvalue weighted by Crippen LogP contribution is 2.08. The molecule has 0 saturated carbocycles. The summed E-state index contributed by atoms with van der Waals surface area (Å²) in [5, 5.41) is 12.0. The number of hydrogen-bond acceptors (Lipinski definition) is 4. The van der Waals surface area contributed by atoms with E-state index >= 15 is 0 Å². The predicted octanol–water partition coefficient (Wildman–Crippen LogP) is -1.01. The molecule has 1 atom stereocenters. The monoisotopic (exact) mass is 237 g/mol. The summed E-state index contributed by atoms with van der Waals surface area (Å²) in [6.45, 7) is 1.04. The molecule has 7 nitrogen and oxygen atoms in total. The van der Waals surface area contributed by atoms with Gasteiger partial charge in [-0.1, -0.05) is 0 Å². The topological polar surface area (TPSA) is 99.8 Å². The van der Waals surface area contributed by atoms with Gasteiger partial charge in [0, 0.05) is 25.9 Å². The third-order valence-electron chi connectivity index (χ3n) is 2.70. The van der Waals surface area contributed by atoms with Crippen molar-refractivity contribution < 1.29 is 9.59 Å². The van der Waals surface area contributed by atoms with E-state index in [1.165, 1.54) is 6.33 Å². The predicted molar refractivity (Wildman–Crippen MR) is 58.8 cm³/mol. The van der Waals surface area contributed by atoms with E-state index in [9.17, 15) is 9.59 Å². The zero-order valence-electron chi connectivity index (χ0n) is 9.40. The van der Waals surface area contributed by atoms with E-state index < -0.39 is 0 Å². The molecule has 0 aromatic carbocycles. The van der Waals surface area contributed by atoms with Crippen molar-refractivity contribution in [2.24, 2.45) is 5.92 Å². The van der Waals surface area contributed by atoms with E-state index in [1.807, 2.05) is 0 Å². The number of carbonyl (C=O) groups is 2. The summed E-state index contributed by atoms with van der Waals surface area (Å²) in [4.78, 5) is 26.5. The Balaban J connectivity index is 1.62. The summed E-state index contributed by atoms with van der Waals surface area (Å²) >= 11 is 0. The number of aromatic amines is 1. The van der Waals surface area contributed by atoms with Gasteiger partial charge in [-0.05, 0) is 6.42 Å². The zero-order valence-corrected chi connectivity index (χ0v) is 9.40. The van der Waals surface area contributed by atoms with Gasteiger partial charge in [-0.2, -0.15) is 5.10 Å². The van der Waals surface area contributed by atoms with Gasteiger partial charge in [0.05, 0.1) is 5.92 Å². The van der Waals surface area contributed by atoms with Gasteiger partial charge < -0.3 is 10.6 Å². The number of H-pyrrole nitrogens is 1. The molecule has 2 rings (SSSR count). The van der Waals surface area contributed by atoms with Gasteiger partial charge in [0.25, 0.3) is 0 Å². The first-order chi connectivity index (χ1) is 8.25. The van der Waals surface area contributed by atoms with Gasteiger partial charge in [-0.15, -0.1) is 0 Å². The number of nitrogens with zero attached hydrogens (tertiary/aromatic N) is 2. The molecule has 0 bridgehead atoms. The Bertz CT molecular complexity index is 389. The Labute approximate surface area is 98.4 Å². The van der Waals surface area contributed by atoms with Crippen molar-refractivity contribution in [3.05, 3.63) is 12.2 Å².